The van der Waals surface area contributed by atoms with E-state index < -0.39 is 11.6 Å². The molecule has 82 valence electrons. The molecule has 0 amide bonds. The number of hydrogen-bond acceptors (Lipinski definition) is 3. The van der Waals surface area contributed by atoms with Crippen molar-refractivity contribution in [2.24, 2.45) is 0 Å². The van der Waals surface area contributed by atoms with Crippen molar-refractivity contribution in [2.45, 2.75) is 6.92 Å². The zero-order chi connectivity index (χ0) is 11.9. The van der Waals surface area contributed by atoms with Crippen LogP contribution in [0.25, 0.3) is 11.0 Å². The number of para-hydroxylation sites is 1. The van der Waals surface area contributed by atoms with E-state index in [1.165, 1.54) is 13.0 Å². The van der Waals surface area contributed by atoms with E-state index in [1.807, 2.05) is 0 Å². The lowest BCUT2D eigenvalue weighted by Crippen LogP contribution is -2.24. The van der Waals surface area contributed by atoms with Crippen LogP contribution in [-0.4, -0.2) is 20.6 Å². The van der Waals surface area contributed by atoms with Crippen LogP contribution < -0.4 is 5.69 Å². The maximum absolute atomic E-state index is 11.7. The Morgan fingerprint density at radius 2 is 2.19 bits per heavy atom. The summed E-state index contributed by atoms with van der Waals surface area (Å²) in [6, 6.07) is 4.61. The van der Waals surface area contributed by atoms with Gasteiger partial charge in [-0.25, -0.2) is 9.36 Å². The van der Waals surface area contributed by atoms with Gasteiger partial charge in [0.05, 0.1) is 5.52 Å². The number of benzene rings is 1. The molecule has 0 bridgehead atoms. The predicted octanol–water partition coefficient (Wildman–Crippen LogP) is 1.25. The Labute approximate surface area is 90.6 Å². The number of allylic oxidation sites excluding steroid dienone is 1. The zero-order valence-corrected chi connectivity index (χ0v) is 8.65. The van der Waals surface area contributed by atoms with Gasteiger partial charge in [-0.1, -0.05) is 12.6 Å². The van der Waals surface area contributed by atoms with Crippen molar-refractivity contribution in [3.63, 3.8) is 0 Å². The molecule has 0 aliphatic heterocycles. The molecule has 0 atom stereocenters. The zero-order valence-electron chi connectivity index (χ0n) is 8.65. The third-order valence-corrected chi connectivity index (χ3v) is 2.25. The molecule has 0 fully saturated rings. The number of aromatic nitrogens is 2. The predicted molar refractivity (Wildman–Crippen MR) is 59.7 cm³/mol. The Morgan fingerprint density at radius 3 is 2.81 bits per heavy atom. The average Bonchev–Trinajstić information content (AvgIpc) is 2.54. The number of hydrogen-bond donors (Lipinski definition) is 2. The third kappa shape index (κ3) is 1.33. The second kappa shape index (κ2) is 3.37. The van der Waals surface area contributed by atoms with Gasteiger partial charge >= 0.3 is 5.69 Å². The second-order valence-electron chi connectivity index (χ2n) is 3.52. The first kappa shape index (κ1) is 10.2. The van der Waals surface area contributed by atoms with Crippen LogP contribution in [0.5, 0.6) is 5.75 Å². The minimum Gasteiger partial charge on any atom is -0.506 e. The highest BCUT2D eigenvalue weighted by Crippen LogP contribution is 2.21. The number of nitrogens with zero attached hydrogens (tertiary/aromatic N) is 1. The SMILES string of the molecule is C=C(C)C(=O)n1c(=O)[nH]c2cccc(O)c21. The summed E-state index contributed by atoms with van der Waals surface area (Å²) in [5.74, 6) is -0.650. The Kier molecular flexibility index (Phi) is 2.16. The van der Waals surface area contributed by atoms with Gasteiger partial charge in [-0.3, -0.25) is 4.79 Å². The van der Waals surface area contributed by atoms with Crippen molar-refractivity contribution in [3.05, 3.63) is 40.8 Å². The number of carbonyl (C=O) groups excluding carboxylic acids is 1. The molecule has 2 N–H and O–H groups in total. The van der Waals surface area contributed by atoms with Crippen LogP contribution in [0.2, 0.25) is 0 Å². The van der Waals surface area contributed by atoms with Crippen LogP contribution in [0.4, 0.5) is 0 Å². The Hall–Kier alpha value is -2.30. The van der Waals surface area contributed by atoms with Crippen molar-refractivity contribution in [2.75, 3.05) is 0 Å². The van der Waals surface area contributed by atoms with Crippen LogP contribution >= 0.6 is 0 Å². The van der Waals surface area contributed by atoms with E-state index >= 15 is 0 Å². The van der Waals surface area contributed by atoms with Crippen LogP contribution in [0.15, 0.2) is 35.1 Å². The fourth-order valence-electron chi connectivity index (χ4n) is 1.52. The Balaban J connectivity index is 2.88. The molecule has 0 aliphatic rings. The molecule has 1 aromatic carbocycles. The van der Waals surface area contributed by atoms with Gasteiger partial charge in [-0.15, -0.1) is 0 Å². The number of rotatable bonds is 1. The van der Waals surface area contributed by atoms with Crippen LogP contribution in [0.1, 0.15) is 11.7 Å². The van der Waals surface area contributed by atoms with E-state index in [0.29, 0.717) is 5.52 Å². The summed E-state index contributed by atoms with van der Waals surface area (Å²) in [6.45, 7) is 4.99. The molecule has 2 rings (SSSR count). The lowest BCUT2D eigenvalue weighted by Gasteiger charge is -2.02. The number of aromatic amines is 1. The molecule has 0 unspecified atom stereocenters. The minimum absolute atomic E-state index is 0.120. The summed E-state index contributed by atoms with van der Waals surface area (Å²) in [7, 11) is 0. The van der Waals surface area contributed by atoms with E-state index in [0.717, 1.165) is 4.57 Å². The van der Waals surface area contributed by atoms with Gasteiger partial charge in [0.15, 0.2) is 0 Å². The number of nitrogens with one attached hydrogen (secondary N) is 1. The molecule has 16 heavy (non-hydrogen) atoms. The second-order valence-corrected chi connectivity index (χ2v) is 3.52. The monoisotopic (exact) mass is 218 g/mol. The molecule has 0 radical (unpaired) electrons. The van der Waals surface area contributed by atoms with E-state index in [9.17, 15) is 14.7 Å². The van der Waals surface area contributed by atoms with Gasteiger partial charge < -0.3 is 10.1 Å². The standard InChI is InChI=1S/C11H10N2O3/c1-6(2)10(15)13-9-7(12-11(13)16)4-3-5-8(9)14/h3-5,14H,1H2,2H3,(H,12,16). The molecule has 0 saturated carbocycles. The highest BCUT2D eigenvalue weighted by atomic mass is 16.3. The molecule has 5 heteroatoms. The van der Waals surface area contributed by atoms with Crippen LogP contribution in [0, 0.1) is 0 Å². The molecule has 0 aliphatic carbocycles. The first-order valence-electron chi connectivity index (χ1n) is 4.65. The number of carbonyl (C=O) groups is 1. The quantitative estimate of drug-likeness (QED) is 0.707. The Bertz CT molecular complexity index is 649. The molecule has 5 nitrogen and oxygen atoms in total. The van der Waals surface area contributed by atoms with Gasteiger partial charge in [0.25, 0.3) is 5.91 Å². The fourth-order valence-corrected chi connectivity index (χ4v) is 1.52. The summed E-state index contributed by atoms with van der Waals surface area (Å²) in [5.41, 5.74) is 0.246. The van der Waals surface area contributed by atoms with E-state index in [4.69, 9.17) is 0 Å². The third-order valence-electron chi connectivity index (χ3n) is 2.25. The largest absolute Gasteiger partial charge is 0.506 e. The molecule has 1 aromatic heterocycles. The average molecular weight is 218 g/mol. The summed E-state index contributed by atoms with van der Waals surface area (Å²) >= 11 is 0. The number of imidazole rings is 1. The number of H-pyrrole nitrogens is 1. The highest BCUT2D eigenvalue weighted by Gasteiger charge is 2.16. The van der Waals surface area contributed by atoms with Crippen molar-refractivity contribution in [1.29, 1.82) is 0 Å². The number of fused-ring (bicyclic) bond motifs is 1. The Morgan fingerprint density at radius 1 is 1.50 bits per heavy atom. The van der Waals surface area contributed by atoms with Crippen molar-refractivity contribution >= 4 is 16.9 Å². The lowest BCUT2D eigenvalue weighted by molar-refractivity contribution is 0.0956. The molecule has 0 saturated heterocycles. The number of phenols is 1. The summed E-state index contributed by atoms with van der Waals surface area (Å²) in [6.07, 6.45) is 0. The fraction of sp³-hybridized carbons (Fsp3) is 0.0909. The van der Waals surface area contributed by atoms with Crippen molar-refractivity contribution in [1.82, 2.24) is 9.55 Å². The van der Waals surface area contributed by atoms with Gasteiger partial charge in [0, 0.05) is 5.57 Å². The van der Waals surface area contributed by atoms with E-state index in [2.05, 4.69) is 11.6 Å². The normalized spacial score (nSPS) is 10.6. The first-order valence-corrected chi connectivity index (χ1v) is 4.65. The maximum Gasteiger partial charge on any atom is 0.333 e. The van der Waals surface area contributed by atoms with Gasteiger partial charge in [-0.05, 0) is 19.1 Å². The smallest absolute Gasteiger partial charge is 0.333 e. The molecule has 0 spiro atoms. The minimum atomic E-state index is -0.579. The van der Waals surface area contributed by atoms with E-state index in [1.54, 1.807) is 12.1 Å². The van der Waals surface area contributed by atoms with Crippen molar-refractivity contribution in [3.8, 4) is 5.75 Å². The lowest BCUT2D eigenvalue weighted by atomic mass is 10.2. The maximum atomic E-state index is 11.7. The molecule has 1 heterocycles. The van der Waals surface area contributed by atoms with Gasteiger partial charge in [-0.2, -0.15) is 0 Å². The van der Waals surface area contributed by atoms with Crippen molar-refractivity contribution < 1.29 is 9.90 Å². The molecule has 2 aromatic rings. The van der Waals surface area contributed by atoms with Gasteiger partial charge in [0.1, 0.15) is 11.3 Å². The molecular weight excluding hydrogens is 208 g/mol. The first-order chi connectivity index (χ1) is 7.52. The highest BCUT2D eigenvalue weighted by molar-refractivity contribution is 6.01. The molecular formula is C11H10N2O3. The summed E-state index contributed by atoms with van der Waals surface area (Å²) < 4.78 is 0.882. The van der Waals surface area contributed by atoms with E-state index in [-0.39, 0.29) is 16.8 Å². The van der Waals surface area contributed by atoms with Crippen LogP contribution in [-0.2, 0) is 0 Å². The topological polar surface area (TPSA) is 75.1 Å². The summed E-state index contributed by atoms with van der Waals surface area (Å²) in [4.78, 5) is 25.8. The summed E-state index contributed by atoms with van der Waals surface area (Å²) in [5, 5.41) is 9.63. The van der Waals surface area contributed by atoms with Gasteiger partial charge in [0.2, 0.25) is 0 Å². The number of phenolic OH excluding ortho intramolecular Hbond substituents is 1. The number of aromatic hydroxyl groups is 1. The van der Waals surface area contributed by atoms with Crippen LogP contribution in [0.3, 0.4) is 0 Å².